The van der Waals surface area contributed by atoms with Crippen LogP contribution in [-0.4, -0.2) is 37.7 Å². The fraction of sp³-hybridized carbons (Fsp3) is 0.455. The second kappa shape index (κ2) is 4.88. The molecule has 4 nitrogen and oxygen atoms in total. The highest BCUT2D eigenvalue weighted by atomic mass is 79.9. The summed E-state index contributed by atoms with van der Waals surface area (Å²) in [7, 11) is -0.539. The van der Waals surface area contributed by atoms with Crippen molar-refractivity contribution in [3.63, 3.8) is 0 Å². The fourth-order valence-electron chi connectivity index (χ4n) is 2.00. The van der Waals surface area contributed by atoms with Gasteiger partial charge in [0.1, 0.15) is 5.82 Å². The molecule has 18 heavy (non-hydrogen) atoms. The Hall–Kier alpha value is -0.500. The van der Waals surface area contributed by atoms with Crippen LogP contribution in [0.25, 0.3) is 0 Å². The van der Waals surface area contributed by atoms with Gasteiger partial charge in [0.25, 0.3) is 10.2 Å². The molecular formula is C11H14BrFN2O2S. The Kier molecular flexibility index (Phi) is 3.77. The van der Waals surface area contributed by atoms with E-state index in [4.69, 9.17) is 0 Å². The lowest BCUT2D eigenvalue weighted by atomic mass is 10.0. The summed E-state index contributed by atoms with van der Waals surface area (Å²) in [4.78, 5) is 0. The number of rotatable bonds is 2. The topological polar surface area (TPSA) is 40.6 Å². The molecule has 0 fully saturated rings. The molecule has 2 rings (SSSR count). The fourth-order valence-corrected chi connectivity index (χ4v) is 3.64. The minimum atomic E-state index is -3.49. The third-order valence-corrected chi connectivity index (χ3v) is 5.68. The molecular weight excluding hydrogens is 323 g/mol. The molecule has 1 aliphatic rings. The Morgan fingerprint density at radius 3 is 2.61 bits per heavy atom. The van der Waals surface area contributed by atoms with E-state index in [0.29, 0.717) is 18.5 Å². The lowest BCUT2D eigenvalue weighted by Crippen LogP contribution is -2.43. The van der Waals surface area contributed by atoms with Crippen LogP contribution in [-0.2, 0) is 23.2 Å². The van der Waals surface area contributed by atoms with E-state index in [-0.39, 0.29) is 12.4 Å². The molecule has 0 saturated heterocycles. The van der Waals surface area contributed by atoms with Crippen LogP contribution in [0.15, 0.2) is 16.6 Å². The van der Waals surface area contributed by atoms with Crippen LogP contribution in [0.4, 0.5) is 4.39 Å². The van der Waals surface area contributed by atoms with Gasteiger partial charge in [0.2, 0.25) is 0 Å². The first-order valence-electron chi connectivity index (χ1n) is 5.47. The van der Waals surface area contributed by atoms with Gasteiger partial charge in [0.05, 0.1) is 0 Å². The van der Waals surface area contributed by atoms with Crippen LogP contribution in [0.1, 0.15) is 11.1 Å². The summed E-state index contributed by atoms with van der Waals surface area (Å²) in [5, 5.41) is 0. The van der Waals surface area contributed by atoms with Crippen molar-refractivity contribution in [2.24, 2.45) is 0 Å². The number of hydrogen-bond donors (Lipinski definition) is 0. The Morgan fingerprint density at radius 1 is 1.33 bits per heavy atom. The van der Waals surface area contributed by atoms with E-state index in [9.17, 15) is 12.8 Å². The molecule has 1 heterocycles. The Labute approximate surface area is 115 Å². The van der Waals surface area contributed by atoms with E-state index >= 15 is 0 Å². The van der Waals surface area contributed by atoms with Gasteiger partial charge in [-0.25, -0.2) is 4.39 Å². The zero-order valence-corrected chi connectivity index (χ0v) is 12.6. The quantitative estimate of drug-likeness (QED) is 0.825. The second-order valence-electron chi connectivity index (χ2n) is 4.36. The number of benzene rings is 1. The van der Waals surface area contributed by atoms with Crippen LogP contribution in [0, 0.1) is 5.82 Å². The van der Waals surface area contributed by atoms with Gasteiger partial charge < -0.3 is 0 Å². The van der Waals surface area contributed by atoms with Crippen molar-refractivity contribution >= 4 is 26.1 Å². The van der Waals surface area contributed by atoms with Crippen molar-refractivity contribution in [2.75, 3.05) is 20.6 Å². The minimum Gasteiger partial charge on any atom is -0.207 e. The molecule has 0 aliphatic carbocycles. The maximum absolute atomic E-state index is 13.8. The van der Waals surface area contributed by atoms with E-state index in [1.165, 1.54) is 24.5 Å². The van der Waals surface area contributed by atoms with Gasteiger partial charge >= 0.3 is 0 Å². The van der Waals surface area contributed by atoms with E-state index in [0.717, 1.165) is 14.3 Å². The van der Waals surface area contributed by atoms with Crippen LogP contribution < -0.4 is 0 Å². The summed E-state index contributed by atoms with van der Waals surface area (Å²) in [5.41, 5.74) is 1.32. The molecule has 0 atom stereocenters. The Balaban J connectivity index is 2.39. The molecule has 1 aromatic rings. The monoisotopic (exact) mass is 336 g/mol. The molecule has 0 amide bonds. The third kappa shape index (κ3) is 2.32. The van der Waals surface area contributed by atoms with Crippen LogP contribution in [0.3, 0.4) is 0 Å². The highest BCUT2D eigenvalue weighted by Gasteiger charge is 2.30. The number of hydrogen-bond acceptors (Lipinski definition) is 2. The maximum atomic E-state index is 13.8. The van der Waals surface area contributed by atoms with Crippen LogP contribution in [0.5, 0.6) is 0 Å². The highest BCUT2D eigenvalue weighted by Crippen LogP contribution is 2.29. The summed E-state index contributed by atoms with van der Waals surface area (Å²) in [6, 6.07) is 3.01. The van der Waals surface area contributed by atoms with Gasteiger partial charge in [-0.3, -0.25) is 0 Å². The zero-order valence-electron chi connectivity index (χ0n) is 10.2. The van der Waals surface area contributed by atoms with Crippen molar-refractivity contribution in [2.45, 2.75) is 13.0 Å². The van der Waals surface area contributed by atoms with Crippen molar-refractivity contribution in [1.29, 1.82) is 0 Å². The molecule has 1 aromatic carbocycles. The standard InChI is InChI=1S/C11H14BrFN2O2S/c1-14(2)18(16,17)15-6-5-8-9(7-15)11(13)4-3-10(8)12/h3-4H,5-7H2,1-2H3. The van der Waals surface area contributed by atoms with Crippen molar-refractivity contribution in [1.82, 2.24) is 8.61 Å². The van der Waals surface area contributed by atoms with Gasteiger partial charge in [-0.15, -0.1) is 0 Å². The molecule has 7 heteroatoms. The van der Waals surface area contributed by atoms with Crippen LogP contribution >= 0.6 is 15.9 Å². The predicted molar refractivity (Wildman–Crippen MR) is 70.8 cm³/mol. The molecule has 0 N–H and O–H groups in total. The first-order chi connectivity index (χ1) is 8.34. The van der Waals surface area contributed by atoms with Gasteiger partial charge in [0, 0.05) is 37.2 Å². The zero-order chi connectivity index (χ0) is 13.5. The number of fused-ring (bicyclic) bond motifs is 1. The SMILES string of the molecule is CN(C)S(=O)(=O)N1CCc2c(Br)ccc(F)c2C1. The van der Waals surface area contributed by atoms with Gasteiger partial charge in [-0.2, -0.15) is 17.0 Å². The Bertz CT molecular complexity index is 575. The summed E-state index contributed by atoms with van der Waals surface area (Å²) in [6.45, 7) is 0.455. The van der Waals surface area contributed by atoms with Crippen molar-refractivity contribution in [3.8, 4) is 0 Å². The first kappa shape index (κ1) is 13.9. The molecule has 0 bridgehead atoms. The first-order valence-corrected chi connectivity index (χ1v) is 7.66. The van der Waals surface area contributed by atoms with E-state index < -0.39 is 10.2 Å². The molecule has 1 aliphatic heterocycles. The van der Waals surface area contributed by atoms with Crippen molar-refractivity contribution in [3.05, 3.63) is 33.5 Å². The normalized spacial score (nSPS) is 16.9. The average molecular weight is 337 g/mol. The van der Waals surface area contributed by atoms with Gasteiger partial charge in [0.15, 0.2) is 0 Å². The lowest BCUT2D eigenvalue weighted by molar-refractivity contribution is 0.351. The highest BCUT2D eigenvalue weighted by molar-refractivity contribution is 9.10. The third-order valence-electron chi connectivity index (χ3n) is 3.05. The van der Waals surface area contributed by atoms with Crippen LogP contribution in [0.2, 0.25) is 0 Å². The lowest BCUT2D eigenvalue weighted by Gasteiger charge is -2.30. The molecule has 0 radical (unpaired) electrons. The van der Waals surface area contributed by atoms with E-state index in [1.54, 1.807) is 6.07 Å². The summed E-state index contributed by atoms with van der Waals surface area (Å²) >= 11 is 3.37. The van der Waals surface area contributed by atoms with Crippen molar-refractivity contribution < 1.29 is 12.8 Å². The Morgan fingerprint density at radius 2 is 2.00 bits per heavy atom. The summed E-state index contributed by atoms with van der Waals surface area (Å²) < 4.78 is 41.1. The number of nitrogens with zero attached hydrogens (tertiary/aromatic N) is 2. The van der Waals surface area contributed by atoms with E-state index in [1.807, 2.05) is 0 Å². The maximum Gasteiger partial charge on any atom is 0.281 e. The molecule has 0 unspecified atom stereocenters. The molecule has 0 saturated carbocycles. The number of halogens is 2. The summed E-state index contributed by atoms with van der Waals surface area (Å²) in [5.74, 6) is -0.355. The second-order valence-corrected chi connectivity index (χ2v) is 7.36. The van der Waals surface area contributed by atoms with Gasteiger partial charge in [-0.05, 0) is 24.1 Å². The van der Waals surface area contributed by atoms with E-state index in [2.05, 4.69) is 15.9 Å². The van der Waals surface area contributed by atoms with Gasteiger partial charge in [-0.1, -0.05) is 15.9 Å². The molecule has 100 valence electrons. The molecule has 0 aromatic heterocycles. The molecule has 0 spiro atoms. The predicted octanol–water partition coefficient (Wildman–Crippen LogP) is 1.75. The largest absolute Gasteiger partial charge is 0.281 e. The minimum absolute atomic E-state index is 0.0844. The smallest absolute Gasteiger partial charge is 0.207 e. The average Bonchev–Trinajstić information content (AvgIpc) is 2.33. The summed E-state index contributed by atoms with van der Waals surface area (Å²) in [6.07, 6.45) is 0.515.